The van der Waals surface area contributed by atoms with Crippen molar-refractivity contribution in [2.45, 2.75) is 24.7 Å². The van der Waals surface area contributed by atoms with Gasteiger partial charge >= 0.3 is 0 Å². The number of aromatic nitrogens is 2. The van der Waals surface area contributed by atoms with Gasteiger partial charge in [0.2, 0.25) is 21.8 Å². The fraction of sp³-hybridized carbons (Fsp3) is 0.412. The van der Waals surface area contributed by atoms with E-state index < -0.39 is 33.5 Å². The maximum Gasteiger partial charge on any atom is 0.235 e. The lowest BCUT2D eigenvalue weighted by Crippen LogP contribution is -2.44. The van der Waals surface area contributed by atoms with Crippen molar-refractivity contribution in [3.05, 3.63) is 47.8 Å². The fourth-order valence-electron chi connectivity index (χ4n) is 2.91. The Bertz CT molecular complexity index is 891. The molecule has 1 aliphatic rings. The molecule has 0 amide bonds. The largest absolute Gasteiger partial charge is 0.480 e. The van der Waals surface area contributed by atoms with Crippen molar-refractivity contribution < 1.29 is 26.7 Å². The van der Waals surface area contributed by atoms with Gasteiger partial charge in [0, 0.05) is 12.6 Å². The zero-order chi connectivity index (χ0) is 19.4. The summed E-state index contributed by atoms with van der Waals surface area (Å²) in [5, 5.41) is 0. The smallest absolute Gasteiger partial charge is 0.235 e. The molecule has 2 aromatic rings. The van der Waals surface area contributed by atoms with Crippen LogP contribution in [0.5, 0.6) is 11.8 Å². The fourth-order valence-corrected chi connectivity index (χ4v) is 4.48. The van der Waals surface area contributed by atoms with Gasteiger partial charge in [-0.15, -0.1) is 0 Å². The van der Waals surface area contributed by atoms with Gasteiger partial charge in [0.25, 0.3) is 0 Å². The first kappa shape index (κ1) is 19.4. The van der Waals surface area contributed by atoms with Gasteiger partial charge in [-0.1, -0.05) is 0 Å². The highest BCUT2D eigenvalue weighted by molar-refractivity contribution is 7.88. The molecule has 0 spiro atoms. The van der Waals surface area contributed by atoms with Gasteiger partial charge in [-0.25, -0.2) is 17.2 Å². The maximum absolute atomic E-state index is 13.3. The van der Waals surface area contributed by atoms with E-state index in [0.29, 0.717) is 31.3 Å². The van der Waals surface area contributed by atoms with E-state index in [4.69, 9.17) is 9.47 Å². The summed E-state index contributed by atoms with van der Waals surface area (Å²) in [5.74, 6) is -1.56. The molecule has 7 nitrogen and oxygen atoms in total. The number of piperidine rings is 1. The summed E-state index contributed by atoms with van der Waals surface area (Å²) in [6, 6.07) is 2.74. The summed E-state index contributed by atoms with van der Waals surface area (Å²) < 4.78 is 63.9. The monoisotopic (exact) mass is 399 g/mol. The number of rotatable bonds is 6. The van der Waals surface area contributed by atoms with E-state index in [9.17, 15) is 17.2 Å². The van der Waals surface area contributed by atoms with Crippen LogP contribution in [-0.2, 0) is 15.8 Å². The number of sulfonamides is 1. The molecular weight excluding hydrogens is 380 g/mol. The van der Waals surface area contributed by atoms with Crippen LogP contribution in [0.3, 0.4) is 0 Å². The molecule has 1 aliphatic heterocycles. The van der Waals surface area contributed by atoms with E-state index in [-0.39, 0.29) is 18.0 Å². The van der Waals surface area contributed by atoms with Gasteiger partial charge in [-0.3, -0.25) is 4.98 Å². The number of benzene rings is 1. The second kappa shape index (κ2) is 8.13. The van der Waals surface area contributed by atoms with Crippen LogP contribution in [0.2, 0.25) is 0 Å². The number of hydrogen-bond acceptors (Lipinski definition) is 6. The number of methoxy groups -OCH3 is 1. The van der Waals surface area contributed by atoms with Crippen molar-refractivity contribution in [1.29, 1.82) is 0 Å². The van der Waals surface area contributed by atoms with E-state index in [1.807, 2.05) is 0 Å². The number of ether oxygens (including phenoxy) is 2. The zero-order valence-electron chi connectivity index (χ0n) is 14.6. The van der Waals surface area contributed by atoms with Crippen LogP contribution >= 0.6 is 0 Å². The van der Waals surface area contributed by atoms with Crippen molar-refractivity contribution in [3.63, 3.8) is 0 Å². The first-order valence-corrected chi connectivity index (χ1v) is 9.92. The molecule has 1 aromatic heterocycles. The molecule has 0 bridgehead atoms. The van der Waals surface area contributed by atoms with Gasteiger partial charge in [-0.2, -0.15) is 9.29 Å². The molecule has 3 rings (SSSR count). The van der Waals surface area contributed by atoms with Crippen LogP contribution in [0.4, 0.5) is 8.78 Å². The van der Waals surface area contributed by atoms with E-state index in [1.54, 1.807) is 0 Å². The molecular formula is C17H19F2N3O4S. The Hall–Kier alpha value is -2.33. The van der Waals surface area contributed by atoms with Crippen molar-refractivity contribution in [2.75, 3.05) is 20.2 Å². The lowest BCUT2D eigenvalue weighted by Gasteiger charge is -2.31. The molecule has 1 atom stereocenters. The maximum atomic E-state index is 13.3. The minimum atomic E-state index is -3.75. The van der Waals surface area contributed by atoms with Crippen molar-refractivity contribution in [2.24, 2.45) is 0 Å². The number of halogens is 2. The molecule has 1 saturated heterocycles. The molecule has 146 valence electrons. The van der Waals surface area contributed by atoms with Crippen LogP contribution in [0.1, 0.15) is 18.4 Å². The summed E-state index contributed by atoms with van der Waals surface area (Å²) in [6.07, 6.45) is 3.70. The lowest BCUT2D eigenvalue weighted by atomic mass is 10.1. The van der Waals surface area contributed by atoms with Gasteiger partial charge in [0.05, 0.1) is 31.8 Å². The van der Waals surface area contributed by atoms with Crippen LogP contribution in [0.15, 0.2) is 30.6 Å². The summed E-state index contributed by atoms with van der Waals surface area (Å²) in [6.45, 7) is 0.447. The first-order chi connectivity index (χ1) is 12.9. The Labute approximate surface area is 156 Å². The van der Waals surface area contributed by atoms with E-state index in [1.165, 1.54) is 23.8 Å². The Kier molecular flexibility index (Phi) is 5.85. The van der Waals surface area contributed by atoms with Crippen LogP contribution in [0, 0.1) is 11.6 Å². The Balaban J connectivity index is 1.68. The Morgan fingerprint density at radius 2 is 1.89 bits per heavy atom. The van der Waals surface area contributed by atoms with E-state index in [0.717, 1.165) is 12.1 Å². The molecule has 0 saturated carbocycles. The Morgan fingerprint density at radius 1 is 1.19 bits per heavy atom. The van der Waals surface area contributed by atoms with Gasteiger partial charge < -0.3 is 9.47 Å². The summed E-state index contributed by atoms with van der Waals surface area (Å²) in [4.78, 5) is 8.05. The minimum Gasteiger partial charge on any atom is -0.480 e. The third kappa shape index (κ3) is 5.10. The first-order valence-electron chi connectivity index (χ1n) is 8.31. The number of hydrogen-bond donors (Lipinski definition) is 0. The van der Waals surface area contributed by atoms with E-state index in [2.05, 4.69) is 9.97 Å². The molecule has 1 unspecified atom stereocenters. The van der Waals surface area contributed by atoms with Crippen LogP contribution < -0.4 is 9.47 Å². The SMILES string of the molecule is COc1cncc(OC2CCCN(S(=O)(=O)Cc3cc(F)cc(F)c3)C2)n1. The molecule has 2 heterocycles. The predicted octanol–water partition coefficient (Wildman–Crippen LogP) is 2.14. The summed E-state index contributed by atoms with van der Waals surface area (Å²) in [7, 11) is -2.29. The van der Waals surface area contributed by atoms with Crippen LogP contribution in [-0.4, -0.2) is 49.0 Å². The van der Waals surface area contributed by atoms with Crippen LogP contribution in [0.25, 0.3) is 0 Å². The highest BCUT2D eigenvalue weighted by Crippen LogP contribution is 2.22. The van der Waals surface area contributed by atoms with Crippen molar-refractivity contribution in [1.82, 2.24) is 14.3 Å². The second-order valence-corrected chi connectivity index (χ2v) is 8.14. The van der Waals surface area contributed by atoms with Crippen molar-refractivity contribution >= 4 is 10.0 Å². The average molecular weight is 399 g/mol. The topological polar surface area (TPSA) is 81.6 Å². The second-order valence-electron chi connectivity index (χ2n) is 6.17. The van der Waals surface area contributed by atoms with Crippen molar-refractivity contribution in [3.8, 4) is 11.8 Å². The standard InChI is InChI=1S/C17H19F2N3O4S/c1-25-16-8-20-9-17(21-16)26-15-3-2-4-22(10-15)27(23,24)11-12-5-13(18)7-14(19)6-12/h5-9,15H,2-4,10-11H2,1H3. The quantitative estimate of drug-likeness (QED) is 0.740. The molecule has 0 aliphatic carbocycles. The molecule has 1 aromatic carbocycles. The predicted molar refractivity (Wildman–Crippen MR) is 92.8 cm³/mol. The molecule has 0 radical (unpaired) electrons. The Morgan fingerprint density at radius 3 is 2.59 bits per heavy atom. The summed E-state index contributed by atoms with van der Waals surface area (Å²) in [5.41, 5.74) is 0.0641. The molecule has 1 fully saturated rings. The third-order valence-electron chi connectivity index (χ3n) is 4.09. The molecule has 10 heteroatoms. The number of nitrogens with zero attached hydrogens (tertiary/aromatic N) is 3. The van der Waals surface area contributed by atoms with Gasteiger partial charge in [0.15, 0.2) is 0 Å². The highest BCUT2D eigenvalue weighted by Gasteiger charge is 2.30. The summed E-state index contributed by atoms with van der Waals surface area (Å²) >= 11 is 0. The van der Waals surface area contributed by atoms with Gasteiger partial charge in [0.1, 0.15) is 17.7 Å². The third-order valence-corrected chi connectivity index (χ3v) is 5.91. The average Bonchev–Trinajstić information content (AvgIpc) is 2.61. The highest BCUT2D eigenvalue weighted by atomic mass is 32.2. The minimum absolute atomic E-state index is 0.0641. The lowest BCUT2D eigenvalue weighted by molar-refractivity contribution is 0.123. The van der Waals surface area contributed by atoms with E-state index >= 15 is 0 Å². The molecule has 27 heavy (non-hydrogen) atoms. The normalized spacial score (nSPS) is 18.3. The van der Waals surface area contributed by atoms with Gasteiger partial charge in [-0.05, 0) is 30.5 Å². The zero-order valence-corrected chi connectivity index (χ0v) is 15.5. The molecule has 0 N–H and O–H groups in total.